The molecule has 0 bridgehead atoms. The molecule has 0 aliphatic rings. The lowest BCUT2D eigenvalue weighted by molar-refractivity contribution is 0.457. The molecule has 1 aromatic carbocycles. The van der Waals surface area contributed by atoms with Crippen molar-refractivity contribution in [2.75, 3.05) is 0 Å². The maximum Gasteiger partial charge on any atom is 0.228 e. The number of hydrogen-bond donors (Lipinski definition) is 0. The van der Waals surface area contributed by atoms with Crippen LogP contribution in [0.25, 0.3) is 0 Å². The second kappa shape index (κ2) is 6.46. The number of ether oxygens (including phenoxy) is 1. The van der Waals surface area contributed by atoms with Gasteiger partial charge < -0.3 is 4.74 Å². The first kappa shape index (κ1) is 15.1. The van der Waals surface area contributed by atoms with Crippen LogP contribution in [0.1, 0.15) is 5.56 Å². The third kappa shape index (κ3) is 3.44. The van der Waals surface area contributed by atoms with Gasteiger partial charge in [0.1, 0.15) is 17.2 Å². The van der Waals surface area contributed by atoms with Gasteiger partial charge in [-0.25, -0.2) is 9.97 Å². The van der Waals surface area contributed by atoms with Crippen molar-refractivity contribution in [2.24, 2.45) is 0 Å². The normalized spacial score (nSPS) is 10.6. The fraction of sp³-hybridized carbons (Fsp3) is 0.0909. The SMILES string of the molecule is ClCc1c(Cl)ncnc1Oc1cc(Cl)c(Br)cc1Cl. The van der Waals surface area contributed by atoms with Gasteiger partial charge >= 0.3 is 0 Å². The topological polar surface area (TPSA) is 35.0 Å². The zero-order valence-electron chi connectivity index (χ0n) is 9.13. The summed E-state index contributed by atoms with van der Waals surface area (Å²) >= 11 is 27.0. The molecule has 1 heterocycles. The van der Waals surface area contributed by atoms with Crippen LogP contribution >= 0.6 is 62.3 Å². The molecule has 0 amide bonds. The minimum Gasteiger partial charge on any atom is -0.437 e. The summed E-state index contributed by atoms with van der Waals surface area (Å²) in [6.45, 7) is 0. The summed E-state index contributed by atoms with van der Waals surface area (Å²) in [4.78, 5) is 7.81. The zero-order valence-corrected chi connectivity index (χ0v) is 13.7. The van der Waals surface area contributed by atoms with Gasteiger partial charge in [0.15, 0.2) is 0 Å². The number of aromatic nitrogens is 2. The van der Waals surface area contributed by atoms with Gasteiger partial charge in [-0.3, -0.25) is 0 Å². The van der Waals surface area contributed by atoms with Crippen LogP contribution in [-0.4, -0.2) is 9.97 Å². The summed E-state index contributed by atoms with van der Waals surface area (Å²) in [6, 6.07) is 3.20. The third-order valence-corrected chi connectivity index (χ3v) is 4.25. The first-order valence-electron chi connectivity index (χ1n) is 4.90. The number of halogens is 5. The molecule has 0 radical (unpaired) electrons. The molecule has 0 N–H and O–H groups in total. The van der Waals surface area contributed by atoms with E-state index < -0.39 is 0 Å². The van der Waals surface area contributed by atoms with E-state index in [2.05, 4.69) is 25.9 Å². The largest absolute Gasteiger partial charge is 0.437 e. The van der Waals surface area contributed by atoms with Crippen molar-refractivity contribution >= 4 is 62.3 Å². The minimum absolute atomic E-state index is 0.122. The first-order chi connectivity index (χ1) is 9.02. The average molecular weight is 403 g/mol. The number of alkyl halides is 1. The lowest BCUT2D eigenvalue weighted by Gasteiger charge is -2.11. The number of rotatable bonds is 3. The van der Waals surface area contributed by atoms with Crippen LogP contribution in [-0.2, 0) is 5.88 Å². The van der Waals surface area contributed by atoms with Crippen molar-refractivity contribution in [3.05, 3.63) is 43.7 Å². The fourth-order valence-corrected chi connectivity index (χ4v) is 2.59. The van der Waals surface area contributed by atoms with Crippen molar-refractivity contribution in [1.82, 2.24) is 9.97 Å². The van der Waals surface area contributed by atoms with Crippen molar-refractivity contribution in [3.63, 3.8) is 0 Å². The lowest BCUT2D eigenvalue weighted by atomic mass is 10.3. The Labute approximate surface area is 137 Å². The van der Waals surface area contributed by atoms with Crippen molar-refractivity contribution in [2.45, 2.75) is 5.88 Å². The molecular weight excluding hydrogens is 398 g/mol. The highest BCUT2D eigenvalue weighted by Crippen LogP contribution is 2.37. The molecule has 2 rings (SSSR count). The Morgan fingerprint density at radius 3 is 2.53 bits per heavy atom. The highest BCUT2D eigenvalue weighted by atomic mass is 79.9. The van der Waals surface area contributed by atoms with Crippen LogP contribution in [0.5, 0.6) is 11.6 Å². The van der Waals surface area contributed by atoms with E-state index in [0.717, 1.165) is 0 Å². The van der Waals surface area contributed by atoms with Gasteiger partial charge in [-0.05, 0) is 22.0 Å². The second-order valence-corrected chi connectivity index (χ2v) is 5.67. The highest BCUT2D eigenvalue weighted by Gasteiger charge is 2.14. The summed E-state index contributed by atoms with van der Waals surface area (Å²) < 4.78 is 6.26. The molecular formula is C11H5BrCl4N2O. The molecule has 0 spiro atoms. The van der Waals surface area contributed by atoms with E-state index in [9.17, 15) is 0 Å². The Bertz CT molecular complexity index is 624. The van der Waals surface area contributed by atoms with Crippen LogP contribution in [0.4, 0.5) is 0 Å². The highest BCUT2D eigenvalue weighted by molar-refractivity contribution is 9.10. The zero-order chi connectivity index (χ0) is 14.0. The van der Waals surface area contributed by atoms with Gasteiger partial charge in [0.05, 0.1) is 21.5 Å². The van der Waals surface area contributed by atoms with E-state index >= 15 is 0 Å². The molecule has 100 valence electrons. The Hall–Kier alpha value is -0.260. The molecule has 3 nitrogen and oxygen atoms in total. The van der Waals surface area contributed by atoms with E-state index in [1.807, 2.05) is 0 Å². The lowest BCUT2D eigenvalue weighted by Crippen LogP contribution is -1.96. The van der Waals surface area contributed by atoms with Crippen LogP contribution in [0.3, 0.4) is 0 Å². The molecule has 0 fully saturated rings. The van der Waals surface area contributed by atoms with Gasteiger partial charge in [0, 0.05) is 10.5 Å². The maximum absolute atomic E-state index is 6.06. The van der Waals surface area contributed by atoms with Gasteiger partial charge in [0.25, 0.3) is 0 Å². The van der Waals surface area contributed by atoms with Crippen molar-refractivity contribution < 1.29 is 4.74 Å². The molecule has 19 heavy (non-hydrogen) atoms. The van der Waals surface area contributed by atoms with E-state index in [4.69, 9.17) is 51.1 Å². The van der Waals surface area contributed by atoms with Crippen molar-refractivity contribution in [1.29, 1.82) is 0 Å². The molecule has 0 saturated heterocycles. The quantitative estimate of drug-likeness (QED) is 0.373. The average Bonchev–Trinajstić information content (AvgIpc) is 2.36. The first-order valence-corrected chi connectivity index (χ1v) is 7.36. The van der Waals surface area contributed by atoms with Crippen LogP contribution < -0.4 is 4.74 Å². The molecule has 0 unspecified atom stereocenters. The number of hydrogen-bond acceptors (Lipinski definition) is 3. The molecule has 0 saturated carbocycles. The molecule has 0 aliphatic heterocycles. The third-order valence-electron chi connectivity index (χ3n) is 2.17. The Morgan fingerprint density at radius 1 is 1.11 bits per heavy atom. The van der Waals surface area contributed by atoms with E-state index in [1.165, 1.54) is 6.33 Å². The molecule has 2 aromatic rings. The predicted octanol–water partition coefficient (Wildman–Crippen LogP) is 5.73. The Kier molecular flexibility index (Phi) is 5.15. The monoisotopic (exact) mass is 400 g/mol. The Balaban J connectivity index is 2.42. The molecule has 0 aliphatic carbocycles. The van der Waals surface area contributed by atoms with E-state index in [1.54, 1.807) is 12.1 Å². The second-order valence-electron chi connectivity index (χ2n) is 3.38. The van der Waals surface area contributed by atoms with Gasteiger partial charge in [-0.1, -0.05) is 34.8 Å². The molecule has 0 atom stereocenters. The number of nitrogens with zero attached hydrogens (tertiary/aromatic N) is 2. The summed E-state index contributed by atoms with van der Waals surface area (Å²) in [6.07, 6.45) is 1.28. The maximum atomic E-state index is 6.06. The van der Waals surface area contributed by atoms with E-state index in [0.29, 0.717) is 25.8 Å². The summed E-state index contributed by atoms with van der Waals surface area (Å²) in [5.74, 6) is 0.725. The predicted molar refractivity (Wildman–Crippen MR) is 80.8 cm³/mol. The smallest absolute Gasteiger partial charge is 0.228 e. The Morgan fingerprint density at radius 2 is 1.84 bits per heavy atom. The van der Waals surface area contributed by atoms with E-state index in [-0.39, 0.29) is 16.9 Å². The fourth-order valence-electron chi connectivity index (χ4n) is 1.26. The minimum atomic E-state index is 0.122. The van der Waals surface area contributed by atoms with Crippen LogP contribution in [0, 0.1) is 0 Å². The summed E-state index contributed by atoms with van der Waals surface area (Å²) in [7, 11) is 0. The van der Waals surface area contributed by atoms with Crippen LogP contribution in [0.2, 0.25) is 15.2 Å². The van der Waals surface area contributed by atoms with Crippen LogP contribution in [0.15, 0.2) is 22.9 Å². The van der Waals surface area contributed by atoms with Crippen molar-refractivity contribution in [3.8, 4) is 11.6 Å². The summed E-state index contributed by atoms with van der Waals surface area (Å²) in [5, 5.41) is 1.08. The van der Waals surface area contributed by atoms with Gasteiger partial charge in [0.2, 0.25) is 5.88 Å². The molecule has 8 heteroatoms. The molecule has 1 aromatic heterocycles. The standard InChI is InChI=1S/C11H5BrCl4N2O/c12-6-1-8(15)9(2-7(6)14)19-11-5(3-13)10(16)17-4-18-11/h1-2,4H,3H2. The summed E-state index contributed by atoms with van der Waals surface area (Å²) in [5.41, 5.74) is 0.487. The number of benzene rings is 1. The van der Waals surface area contributed by atoms with Gasteiger partial charge in [-0.2, -0.15) is 0 Å². The van der Waals surface area contributed by atoms with Gasteiger partial charge in [-0.15, -0.1) is 11.6 Å².